The molecule has 0 unspecified atom stereocenters. The number of nitrogens with one attached hydrogen (secondary N) is 2. The van der Waals surface area contributed by atoms with Crippen LogP contribution in [0.15, 0.2) is 67.1 Å². The SMILES string of the molecule is CN1CCN(c2nc(-c3c[nH]cc3-c3c[nH]c4ccccc34)c3ccccc3n2)CC1. The molecule has 4 heterocycles. The highest BCUT2D eigenvalue weighted by Gasteiger charge is 2.21. The molecule has 0 bridgehead atoms. The van der Waals surface area contributed by atoms with E-state index >= 15 is 0 Å². The van der Waals surface area contributed by atoms with Crippen molar-refractivity contribution in [3.8, 4) is 22.4 Å². The van der Waals surface area contributed by atoms with E-state index in [-0.39, 0.29) is 0 Å². The van der Waals surface area contributed by atoms with Gasteiger partial charge >= 0.3 is 0 Å². The molecule has 6 nitrogen and oxygen atoms in total. The van der Waals surface area contributed by atoms with Crippen molar-refractivity contribution in [2.45, 2.75) is 0 Å². The molecule has 0 saturated carbocycles. The first-order valence-electron chi connectivity index (χ1n) is 10.7. The first-order chi connectivity index (χ1) is 15.3. The van der Waals surface area contributed by atoms with Crippen LogP contribution >= 0.6 is 0 Å². The Morgan fingerprint density at radius 1 is 0.742 bits per heavy atom. The summed E-state index contributed by atoms with van der Waals surface area (Å²) in [5.41, 5.74) is 6.50. The fraction of sp³-hybridized carbons (Fsp3) is 0.200. The molecule has 2 aromatic carbocycles. The van der Waals surface area contributed by atoms with Gasteiger partial charge in [0.2, 0.25) is 5.95 Å². The van der Waals surface area contributed by atoms with Crippen molar-refractivity contribution in [1.29, 1.82) is 0 Å². The van der Waals surface area contributed by atoms with Crippen LogP contribution in [0.5, 0.6) is 0 Å². The Morgan fingerprint density at radius 2 is 1.48 bits per heavy atom. The normalized spacial score (nSPS) is 15.2. The number of aromatic amines is 2. The Kier molecular flexibility index (Phi) is 4.25. The average Bonchev–Trinajstić information content (AvgIpc) is 3.45. The number of hydrogen-bond donors (Lipinski definition) is 2. The molecule has 1 fully saturated rings. The maximum Gasteiger partial charge on any atom is 0.226 e. The Bertz CT molecular complexity index is 1370. The van der Waals surface area contributed by atoms with Gasteiger partial charge < -0.3 is 19.8 Å². The minimum atomic E-state index is 0.813. The number of piperazine rings is 1. The van der Waals surface area contributed by atoms with Crippen LogP contribution in [0.3, 0.4) is 0 Å². The van der Waals surface area contributed by atoms with E-state index in [2.05, 4.69) is 87.9 Å². The third-order valence-corrected chi connectivity index (χ3v) is 6.26. The summed E-state index contributed by atoms with van der Waals surface area (Å²) in [6.07, 6.45) is 6.21. The molecular formula is C25H24N6. The number of hydrogen-bond acceptors (Lipinski definition) is 4. The van der Waals surface area contributed by atoms with Crippen molar-refractivity contribution < 1.29 is 0 Å². The summed E-state index contributed by atoms with van der Waals surface area (Å²) < 4.78 is 0. The fourth-order valence-corrected chi connectivity index (χ4v) is 4.49. The lowest BCUT2D eigenvalue weighted by Gasteiger charge is -2.32. The van der Waals surface area contributed by atoms with Gasteiger partial charge in [-0.25, -0.2) is 9.97 Å². The predicted octanol–water partition coefficient (Wildman–Crippen LogP) is 4.53. The topological polar surface area (TPSA) is 63.8 Å². The van der Waals surface area contributed by atoms with Crippen LogP contribution in [-0.2, 0) is 0 Å². The van der Waals surface area contributed by atoms with Crippen LogP contribution in [0.2, 0.25) is 0 Å². The highest BCUT2D eigenvalue weighted by molar-refractivity contribution is 6.03. The van der Waals surface area contributed by atoms with Crippen LogP contribution in [0.1, 0.15) is 0 Å². The van der Waals surface area contributed by atoms with E-state index in [0.717, 1.165) is 65.4 Å². The molecule has 0 atom stereocenters. The average molecular weight is 409 g/mol. The van der Waals surface area contributed by atoms with E-state index in [1.165, 1.54) is 10.9 Å². The maximum absolute atomic E-state index is 5.11. The first-order valence-corrected chi connectivity index (χ1v) is 10.7. The molecule has 31 heavy (non-hydrogen) atoms. The van der Waals surface area contributed by atoms with Crippen LogP contribution in [0.4, 0.5) is 5.95 Å². The second-order valence-corrected chi connectivity index (χ2v) is 8.21. The number of aromatic nitrogens is 4. The number of benzene rings is 2. The minimum absolute atomic E-state index is 0.813. The van der Waals surface area contributed by atoms with Crippen molar-refractivity contribution in [3.63, 3.8) is 0 Å². The van der Waals surface area contributed by atoms with Crippen LogP contribution in [0, 0.1) is 0 Å². The second kappa shape index (κ2) is 7.25. The molecule has 6 heteroatoms. The summed E-state index contributed by atoms with van der Waals surface area (Å²) in [5.74, 6) is 0.813. The highest BCUT2D eigenvalue weighted by Crippen LogP contribution is 2.38. The zero-order chi connectivity index (χ0) is 20.8. The molecule has 0 aliphatic carbocycles. The summed E-state index contributed by atoms with van der Waals surface area (Å²) >= 11 is 0. The third kappa shape index (κ3) is 3.07. The number of anilines is 1. The van der Waals surface area contributed by atoms with Gasteiger partial charge in [0.25, 0.3) is 0 Å². The molecule has 0 amide bonds. The van der Waals surface area contributed by atoms with Gasteiger partial charge in [-0.2, -0.15) is 0 Å². The van der Waals surface area contributed by atoms with Crippen LogP contribution < -0.4 is 4.90 Å². The van der Waals surface area contributed by atoms with E-state index in [4.69, 9.17) is 9.97 Å². The Hall–Kier alpha value is -3.64. The first kappa shape index (κ1) is 18.2. The quantitative estimate of drug-likeness (QED) is 0.461. The highest BCUT2D eigenvalue weighted by atomic mass is 15.3. The Morgan fingerprint density at radius 3 is 2.35 bits per heavy atom. The number of nitrogens with zero attached hydrogens (tertiary/aromatic N) is 4. The predicted molar refractivity (Wildman–Crippen MR) is 126 cm³/mol. The Balaban J connectivity index is 1.53. The number of fused-ring (bicyclic) bond motifs is 2. The van der Waals surface area contributed by atoms with Gasteiger partial charge in [-0.3, -0.25) is 0 Å². The van der Waals surface area contributed by atoms with Gasteiger partial charge in [0.15, 0.2) is 0 Å². The number of H-pyrrole nitrogens is 2. The van der Waals surface area contributed by atoms with Crippen LogP contribution in [0.25, 0.3) is 44.2 Å². The van der Waals surface area contributed by atoms with E-state index < -0.39 is 0 Å². The second-order valence-electron chi connectivity index (χ2n) is 8.21. The zero-order valence-corrected chi connectivity index (χ0v) is 17.5. The van der Waals surface area contributed by atoms with Gasteiger partial charge in [-0.1, -0.05) is 36.4 Å². The van der Waals surface area contributed by atoms with Crippen molar-refractivity contribution >= 4 is 27.8 Å². The number of rotatable bonds is 3. The summed E-state index contributed by atoms with van der Waals surface area (Å²) in [6.45, 7) is 3.93. The van der Waals surface area contributed by atoms with E-state index in [9.17, 15) is 0 Å². The molecule has 3 aromatic heterocycles. The third-order valence-electron chi connectivity index (χ3n) is 6.26. The lowest BCUT2D eigenvalue weighted by Crippen LogP contribution is -2.45. The number of para-hydroxylation sites is 2. The van der Waals surface area contributed by atoms with Crippen molar-refractivity contribution in [1.82, 2.24) is 24.8 Å². The van der Waals surface area contributed by atoms with Gasteiger partial charge in [-0.15, -0.1) is 0 Å². The zero-order valence-electron chi connectivity index (χ0n) is 17.5. The fourth-order valence-electron chi connectivity index (χ4n) is 4.49. The molecular weight excluding hydrogens is 384 g/mol. The molecule has 1 saturated heterocycles. The molecule has 1 aliphatic rings. The van der Waals surface area contributed by atoms with Crippen molar-refractivity contribution in [2.24, 2.45) is 0 Å². The standard InChI is InChI=1S/C25H24N6/c1-30-10-12-31(13-11-30)25-28-23-9-5-3-7-18(23)24(29-25)21-15-26-14-19(21)20-16-27-22-8-4-2-6-17(20)22/h2-9,14-16,26-27H,10-13H2,1H3. The summed E-state index contributed by atoms with van der Waals surface area (Å²) in [5, 5.41) is 2.28. The van der Waals surface area contributed by atoms with E-state index in [0.29, 0.717) is 0 Å². The van der Waals surface area contributed by atoms with Crippen molar-refractivity contribution in [2.75, 3.05) is 38.1 Å². The van der Waals surface area contributed by atoms with E-state index in [1.54, 1.807) is 0 Å². The summed E-state index contributed by atoms with van der Waals surface area (Å²) in [6, 6.07) is 16.7. The molecule has 154 valence electrons. The van der Waals surface area contributed by atoms with Crippen molar-refractivity contribution in [3.05, 3.63) is 67.1 Å². The monoisotopic (exact) mass is 408 g/mol. The molecule has 5 aromatic rings. The molecule has 0 radical (unpaired) electrons. The van der Waals surface area contributed by atoms with Crippen LogP contribution in [-0.4, -0.2) is 58.1 Å². The van der Waals surface area contributed by atoms with Gasteiger partial charge in [-0.05, 0) is 19.2 Å². The lowest BCUT2D eigenvalue weighted by atomic mass is 9.99. The Labute approximate surface area is 180 Å². The maximum atomic E-state index is 5.11. The lowest BCUT2D eigenvalue weighted by molar-refractivity contribution is 0.311. The largest absolute Gasteiger partial charge is 0.366 e. The molecule has 1 aliphatic heterocycles. The van der Waals surface area contributed by atoms with Gasteiger partial charge in [0.1, 0.15) is 0 Å². The summed E-state index contributed by atoms with van der Waals surface area (Å²) in [7, 11) is 2.16. The molecule has 6 rings (SSSR count). The number of likely N-dealkylation sites (N-methyl/N-ethyl adjacent to an activating group) is 1. The molecule has 0 spiro atoms. The minimum Gasteiger partial charge on any atom is -0.366 e. The van der Waals surface area contributed by atoms with Gasteiger partial charge in [0.05, 0.1) is 11.2 Å². The summed E-state index contributed by atoms with van der Waals surface area (Å²) in [4.78, 5) is 21.4. The van der Waals surface area contributed by atoms with E-state index in [1.807, 2.05) is 6.07 Å². The smallest absolute Gasteiger partial charge is 0.226 e. The van der Waals surface area contributed by atoms with Gasteiger partial charge in [0, 0.05) is 77.7 Å². The molecule has 2 N–H and O–H groups in total.